The summed E-state index contributed by atoms with van der Waals surface area (Å²) in [4.78, 5) is 24.4. The molecule has 3 aromatic rings. The molecule has 7 nitrogen and oxygen atoms in total. The van der Waals surface area contributed by atoms with Gasteiger partial charge in [0.15, 0.2) is 11.5 Å². The normalized spacial score (nSPS) is 14.2. The molecule has 0 amide bonds. The zero-order valence-electron chi connectivity index (χ0n) is 22.9. The Balaban J connectivity index is 0.00000400. The summed E-state index contributed by atoms with van der Waals surface area (Å²) in [5, 5.41) is 20.6. The number of carboxylic acid groups (broad SMARTS) is 1. The molecule has 1 fully saturated rings. The average Bonchev–Trinajstić information content (AvgIpc) is 3.37. The third-order valence-electron chi connectivity index (χ3n) is 6.90. The maximum Gasteiger partial charge on any atom is 1.00 e. The number of carboxylic acids is 1. The Hall–Kier alpha value is -1.93. The van der Waals surface area contributed by atoms with Crippen molar-refractivity contribution in [3.8, 4) is 11.5 Å². The van der Waals surface area contributed by atoms with Crippen LogP contribution in [0.1, 0.15) is 99.3 Å². The maximum atomic E-state index is 13.1. The Kier molecular flexibility index (Phi) is 10.4. The van der Waals surface area contributed by atoms with Crippen LogP contribution in [-0.2, 0) is 22.4 Å². The predicted octanol–water partition coefficient (Wildman–Crippen LogP) is 2.97. The van der Waals surface area contributed by atoms with Crippen molar-refractivity contribution >= 4 is 23.4 Å². The maximum absolute atomic E-state index is 13.1. The summed E-state index contributed by atoms with van der Waals surface area (Å²) in [7, 11) is 0. The van der Waals surface area contributed by atoms with Crippen molar-refractivity contribution in [3.05, 3.63) is 57.4 Å². The van der Waals surface area contributed by atoms with E-state index in [9.17, 15) is 14.7 Å². The van der Waals surface area contributed by atoms with Gasteiger partial charge < -0.3 is 18.9 Å². The predicted molar refractivity (Wildman–Crippen MR) is 138 cm³/mol. The van der Waals surface area contributed by atoms with Crippen LogP contribution in [0.15, 0.2) is 33.3 Å². The minimum Gasteiger partial charge on any atom is -0.550 e. The molecule has 0 radical (unpaired) electrons. The summed E-state index contributed by atoms with van der Waals surface area (Å²) in [6.07, 6.45) is 4.19. The third kappa shape index (κ3) is 8.28. The zero-order chi connectivity index (χ0) is 26.7. The molecule has 1 saturated carbocycles. The number of carbonyl (C=O) groups is 2. The molecule has 1 aliphatic rings. The Labute approximate surface area is 251 Å². The molecular formula is C29H34ClN2NaO5. The van der Waals surface area contributed by atoms with Crippen LogP contribution in [0.3, 0.4) is 0 Å². The molecule has 2 aromatic heterocycles. The summed E-state index contributed by atoms with van der Waals surface area (Å²) in [5.74, 6) is 0.0615. The minimum absolute atomic E-state index is 0. The molecule has 0 spiro atoms. The van der Waals surface area contributed by atoms with E-state index in [1.807, 2.05) is 25.1 Å². The van der Waals surface area contributed by atoms with Gasteiger partial charge in [-0.05, 0) is 73.6 Å². The van der Waals surface area contributed by atoms with Crippen LogP contribution < -0.4 is 34.7 Å². The number of Topliss-reactive ketones (excluding diaryl/α,β-unsaturated/α-hetero) is 1. The summed E-state index contributed by atoms with van der Waals surface area (Å²) < 4.78 is 11.4. The molecule has 0 N–H and O–H groups in total. The van der Waals surface area contributed by atoms with Gasteiger partial charge in [-0.1, -0.05) is 48.8 Å². The van der Waals surface area contributed by atoms with Gasteiger partial charge in [0.25, 0.3) is 0 Å². The van der Waals surface area contributed by atoms with Gasteiger partial charge in [0.1, 0.15) is 11.5 Å². The van der Waals surface area contributed by atoms with E-state index in [1.165, 1.54) is 0 Å². The van der Waals surface area contributed by atoms with Crippen LogP contribution >= 0.6 is 11.6 Å². The van der Waals surface area contributed by atoms with Gasteiger partial charge in [0.2, 0.25) is 0 Å². The van der Waals surface area contributed by atoms with Crippen molar-refractivity contribution < 1.29 is 53.3 Å². The molecule has 0 saturated heterocycles. The molecule has 0 aliphatic heterocycles. The van der Waals surface area contributed by atoms with Crippen LogP contribution in [0, 0.1) is 12.3 Å². The number of aliphatic carboxylic acids is 1. The molecule has 1 aromatic carbocycles. The van der Waals surface area contributed by atoms with Crippen molar-refractivity contribution in [1.82, 2.24) is 10.3 Å². The number of hydrogen-bond acceptors (Lipinski definition) is 7. The van der Waals surface area contributed by atoms with E-state index in [1.54, 1.807) is 6.07 Å². The fourth-order valence-electron chi connectivity index (χ4n) is 4.64. The van der Waals surface area contributed by atoms with Gasteiger partial charge in [-0.15, -0.1) is 0 Å². The van der Waals surface area contributed by atoms with E-state index < -0.39 is 11.9 Å². The molecule has 38 heavy (non-hydrogen) atoms. The number of aromatic nitrogens is 2. The van der Waals surface area contributed by atoms with E-state index in [-0.39, 0.29) is 72.4 Å². The average molecular weight is 549 g/mol. The largest absolute Gasteiger partial charge is 1.00 e. The van der Waals surface area contributed by atoms with Gasteiger partial charge in [0.05, 0.1) is 5.69 Å². The first-order valence-corrected chi connectivity index (χ1v) is 13.3. The van der Waals surface area contributed by atoms with Gasteiger partial charge in [-0.3, -0.25) is 4.79 Å². The molecule has 0 bridgehead atoms. The van der Waals surface area contributed by atoms with E-state index >= 15 is 0 Å². The monoisotopic (exact) mass is 548 g/mol. The van der Waals surface area contributed by atoms with Crippen molar-refractivity contribution in [2.75, 3.05) is 0 Å². The van der Waals surface area contributed by atoms with E-state index in [0.29, 0.717) is 22.2 Å². The van der Waals surface area contributed by atoms with E-state index in [0.717, 1.165) is 48.1 Å². The van der Waals surface area contributed by atoms with Crippen molar-refractivity contribution in [2.24, 2.45) is 5.41 Å². The molecule has 198 valence electrons. The smallest absolute Gasteiger partial charge is 0.550 e. The van der Waals surface area contributed by atoms with Crippen molar-refractivity contribution in [1.29, 1.82) is 0 Å². The topological polar surface area (TPSA) is 109 Å². The first-order valence-electron chi connectivity index (χ1n) is 12.9. The van der Waals surface area contributed by atoms with Crippen LogP contribution in [-0.4, -0.2) is 22.1 Å². The Morgan fingerprint density at radius 3 is 2.53 bits per heavy atom. The van der Waals surface area contributed by atoms with E-state index in [2.05, 4.69) is 31.1 Å². The van der Waals surface area contributed by atoms with Crippen LogP contribution in [0.4, 0.5) is 0 Å². The number of rotatable bonds is 12. The molecule has 9 heteroatoms. The second-order valence-electron chi connectivity index (χ2n) is 11.4. The number of ketones is 1. The molecule has 4 rings (SSSR count). The fourth-order valence-corrected chi connectivity index (χ4v) is 4.86. The summed E-state index contributed by atoms with van der Waals surface area (Å²) in [6, 6.07) is 7.36. The Bertz CT molecular complexity index is 1270. The zero-order valence-corrected chi connectivity index (χ0v) is 25.7. The SMILES string of the molecule is Cc1cc(Cl)ccc1CC(=O)C[C@H](CCC(=O)[O-])c1noc(-c2cc(CCC(C)(C)C)on2)c1C1CC1.[Na+]. The molecule has 2 heterocycles. The number of hydrogen-bond donors (Lipinski definition) is 0. The third-order valence-corrected chi connectivity index (χ3v) is 7.14. The van der Waals surface area contributed by atoms with Crippen molar-refractivity contribution in [3.63, 3.8) is 0 Å². The van der Waals surface area contributed by atoms with E-state index in [4.69, 9.17) is 20.6 Å². The summed E-state index contributed by atoms with van der Waals surface area (Å²) in [5.41, 5.74) is 4.19. The molecule has 1 atom stereocenters. The number of aryl methyl sites for hydroxylation is 2. The van der Waals surface area contributed by atoms with Crippen LogP contribution in [0.5, 0.6) is 0 Å². The molecule has 1 aliphatic carbocycles. The Morgan fingerprint density at radius 2 is 1.89 bits per heavy atom. The second-order valence-corrected chi connectivity index (χ2v) is 11.9. The number of carbonyl (C=O) groups excluding carboxylic acids is 2. The summed E-state index contributed by atoms with van der Waals surface area (Å²) >= 11 is 6.06. The van der Waals surface area contributed by atoms with Gasteiger partial charge in [-0.2, -0.15) is 0 Å². The minimum atomic E-state index is -1.15. The molecule has 0 unspecified atom stereocenters. The number of halogens is 1. The quantitative estimate of drug-likeness (QED) is 0.320. The number of nitrogens with zero attached hydrogens (tertiary/aromatic N) is 2. The first-order chi connectivity index (χ1) is 17.5. The Morgan fingerprint density at radius 1 is 1.16 bits per heavy atom. The van der Waals surface area contributed by atoms with Crippen molar-refractivity contribution in [2.45, 2.75) is 90.9 Å². The summed E-state index contributed by atoms with van der Waals surface area (Å²) in [6.45, 7) is 8.46. The van der Waals surface area contributed by atoms with Gasteiger partial charge in [-0.25, -0.2) is 0 Å². The van der Waals surface area contributed by atoms with Gasteiger partial charge >= 0.3 is 29.6 Å². The fraction of sp³-hybridized carbons (Fsp3) is 0.517. The second kappa shape index (κ2) is 12.9. The van der Waals surface area contributed by atoms with Crippen LogP contribution in [0.2, 0.25) is 5.02 Å². The standard InChI is InChI=1S/C29H35ClN2O5.Na/c1-17-13-21(30)9-7-19(17)14-22(33)15-20(8-10-25(34)35)27-26(18-5-6-18)28(37-32-27)24-16-23(36-31-24)11-12-29(2,3)4;/h7,9,13,16,18,20H,5-6,8,10-12,14-15H2,1-4H3,(H,34,35);/q;+1/p-1/t20-;/m0./s1. The number of benzene rings is 1. The first kappa shape index (κ1) is 30.6. The molecular weight excluding hydrogens is 515 g/mol. The van der Waals surface area contributed by atoms with Crippen LogP contribution in [0.25, 0.3) is 11.5 Å². The van der Waals surface area contributed by atoms with Gasteiger partial charge in [0, 0.05) is 47.8 Å².